The summed E-state index contributed by atoms with van der Waals surface area (Å²) < 4.78 is 2.04. The van der Waals surface area contributed by atoms with Gasteiger partial charge in [-0.3, -0.25) is 0 Å². The predicted molar refractivity (Wildman–Crippen MR) is 67.5 cm³/mol. The lowest BCUT2D eigenvalue weighted by Gasteiger charge is -2.04. The molecule has 0 unspecified atom stereocenters. The van der Waals surface area contributed by atoms with Gasteiger partial charge in [0.25, 0.3) is 0 Å². The van der Waals surface area contributed by atoms with Gasteiger partial charge in [-0.15, -0.1) is 0 Å². The second kappa shape index (κ2) is 6.57. The number of hydrogen-bond donors (Lipinski definition) is 0. The fourth-order valence-corrected chi connectivity index (χ4v) is 2.18. The summed E-state index contributed by atoms with van der Waals surface area (Å²) in [6, 6.07) is 2.09. The van der Waals surface area contributed by atoms with Crippen molar-refractivity contribution < 1.29 is 0 Å². The highest BCUT2D eigenvalue weighted by Gasteiger charge is 2.01. The fraction of sp³-hybridized carbons (Fsp3) is 0.545. The molecule has 0 N–H and O–H groups in total. The van der Waals surface area contributed by atoms with Gasteiger partial charge in [0.05, 0.1) is 0 Å². The van der Waals surface area contributed by atoms with Crippen LogP contribution >= 0.6 is 31.9 Å². The molecule has 1 heterocycles. The third-order valence-electron chi connectivity index (χ3n) is 2.20. The second-order valence-electron chi connectivity index (χ2n) is 3.41. The predicted octanol–water partition coefficient (Wildman–Crippen LogP) is 4.73. The molecule has 0 atom stereocenters. The van der Waals surface area contributed by atoms with Gasteiger partial charge in [-0.2, -0.15) is 0 Å². The van der Waals surface area contributed by atoms with Gasteiger partial charge in [0.1, 0.15) is 4.60 Å². The Bertz CT molecular complexity index is 287. The van der Waals surface area contributed by atoms with E-state index in [1.54, 1.807) is 0 Å². The van der Waals surface area contributed by atoms with Crippen molar-refractivity contribution in [3.05, 3.63) is 26.9 Å². The summed E-state index contributed by atoms with van der Waals surface area (Å²) in [7, 11) is 0. The Kier molecular flexibility index (Phi) is 5.71. The van der Waals surface area contributed by atoms with Gasteiger partial charge >= 0.3 is 0 Å². The average molecular weight is 321 g/mol. The zero-order valence-electron chi connectivity index (χ0n) is 8.39. The van der Waals surface area contributed by atoms with Crippen molar-refractivity contribution in [3.8, 4) is 0 Å². The molecule has 0 aliphatic rings. The van der Waals surface area contributed by atoms with Gasteiger partial charge in [0.2, 0.25) is 0 Å². The first-order valence-corrected chi connectivity index (χ1v) is 6.62. The lowest BCUT2D eigenvalue weighted by Crippen LogP contribution is -1.89. The molecule has 0 bridgehead atoms. The number of nitrogens with zero attached hydrogens (tertiary/aromatic N) is 1. The summed E-state index contributed by atoms with van der Waals surface area (Å²) >= 11 is 6.90. The molecule has 0 radical (unpaired) electrons. The van der Waals surface area contributed by atoms with Crippen LogP contribution in [0.5, 0.6) is 0 Å². The second-order valence-corrected chi connectivity index (χ2v) is 5.08. The Balaban J connectivity index is 2.45. The van der Waals surface area contributed by atoms with Crippen LogP contribution in [0.25, 0.3) is 0 Å². The van der Waals surface area contributed by atoms with Crippen molar-refractivity contribution in [1.82, 2.24) is 4.98 Å². The standard InChI is InChI=1S/C11H15Br2N/c1-2-3-4-5-6-9-7-11(13)14-8-10(9)12/h7-8H,2-6H2,1H3. The normalized spacial score (nSPS) is 10.5. The van der Waals surface area contributed by atoms with Crippen molar-refractivity contribution in [2.75, 3.05) is 0 Å². The van der Waals surface area contributed by atoms with E-state index < -0.39 is 0 Å². The Labute approximate surface area is 103 Å². The molecule has 0 saturated heterocycles. The first kappa shape index (κ1) is 12.2. The van der Waals surface area contributed by atoms with Gasteiger partial charge in [0, 0.05) is 10.7 Å². The minimum absolute atomic E-state index is 0.922. The number of pyridine rings is 1. The molecule has 0 aliphatic carbocycles. The Morgan fingerprint density at radius 1 is 1.21 bits per heavy atom. The number of unbranched alkanes of at least 4 members (excludes halogenated alkanes) is 3. The highest BCUT2D eigenvalue weighted by Crippen LogP contribution is 2.21. The molecule has 14 heavy (non-hydrogen) atoms. The van der Waals surface area contributed by atoms with Crippen molar-refractivity contribution in [1.29, 1.82) is 0 Å². The van der Waals surface area contributed by atoms with Crippen molar-refractivity contribution >= 4 is 31.9 Å². The minimum Gasteiger partial charge on any atom is -0.248 e. The Morgan fingerprint density at radius 2 is 2.00 bits per heavy atom. The summed E-state index contributed by atoms with van der Waals surface area (Å²) in [6.45, 7) is 2.24. The molecule has 0 fully saturated rings. The van der Waals surface area contributed by atoms with E-state index in [0.29, 0.717) is 0 Å². The van der Waals surface area contributed by atoms with Crippen LogP contribution in [-0.2, 0) is 6.42 Å². The summed E-state index contributed by atoms with van der Waals surface area (Å²) in [4.78, 5) is 4.15. The molecular formula is C11H15Br2N. The summed E-state index contributed by atoms with van der Waals surface area (Å²) in [6.07, 6.45) is 8.22. The molecular weight excluding hydrogens is 306 g/mol. The van der Waals surface area contributed by atoms with Gasteiger partial charge in [0.15, 0.2) is 0 Å². The molecule has 0 aromatic carbocycles. The topological polar surface area (TPSA) is 12.9 Å². The van der Waals surface area contributed by atoms with E-state index in [4.69, 9.17) is 0 Å². The summed E-state index contributed by atoms with van der Waals surface area (Å²) in [5.74, 6) is 0. The largest absolute Gasteiger partial charge is 0.248 e. The third kappa shape index (κ3) is 4.09. The maximum Gasteiger partial charge on any atom is 0.106 e. The maximum atomic E-state index is 4.15. The van der Waals surface area contributed by atoms with Crippen molar-refractivity contribution in [3.63, 3.8) is 0 Å². The average Bonchev–Trinajstić information content (AvgIpc) is 2.18. The van der Waals surface area contributed by atoms with E-state index in [1.807, 2.05) is 6.20 Å². The van der Waals surface area contributed by atoms with Gasteiger partial charge in [-0.05, 0) is 56.3 Å². The molecule has 1 nitrogen and oxygen atoms in total. The van der Waals surface area contributed by atoms with Crippen LogP contribution in [0.15, 0.2) is 21.3 Å². The highest BCUT2D eigenvalue weighted by atomic mass is 79.9. The van der Waals surface area contributed by atoms with E-state index in [2.05, 4.69) is 49.8 Å². The van der Waals surface area contributed by atoms with Crippen LogP contribution in [0.2, 0.25) is 0 Å². The van der Waals surface area contributed by atoms with Crippen LogP contribution in [0.1, 0.15) is 38.2 Å². The summed E-state index contributed by atoms with van der Waals surface area (Å²) in [5, 5.41) is 0. The molecule has 0 amide bonds. The van der Waals surface area contributed by atoms with E-state index in [1.165, 1.54) is 31.2 Å². The molecule has 78 valence electrons. The van der Waals surface area contributed by atoms with E-state index in [9.17, 15) is 0 Å². The minimum atomic E-state index is 0.922. The lowest BCUT2D eigenvalue weighted by molar-refractivity contribution is 0.665. The Morgan fingerprint density at radius 3 is 2.71 bits per heavy atom. The third-order valence-corrected chi connectivity index (χ3v) is 3.35. The molecule has 0 saturated carbocycles. The maximum absolute atomic E-state index is 4.15. The number of aromatic nitrogens is 1. The molecule has 1 aromatic rings. The van der Waals surface area contributed by atoms with Gasteiger partial charge in [-0.1, -0.05) is 26.2 Å². The monoisotopic (exact) mass is 319 g/mol. The van der Waals surface area contributed by atoms with Crippen LogP contribution in [0.4, 0.5) is 0 Å². The van der Waals surface area contributed by atoms with Gasteiger partial charge < -0.3 is 0 Å². The van der Waals surface area contributed by atoms with E-state index >= 15 is 0 Å². The first-order valence-electron chi connectivity index (χ1n) is 5.04. The van der Waals surface area contributed by atoms with Crippen LogP contribution < -0.4 is 0 Å². The zero-order valence-corrected chi connectivity index (χ0v) is 11.6. The van der Waals surface area contributed by atoms with Crippen molar-refractivity contribution in [2.45, 2.75) is 39.0 Å². The molecule has 3 heteroatoms. The SMILES string of the molecule is CCCCCCc1cc(Br)ncc1Br. The van der Waals surface area contributed by atoms with Crippen LogP contribution in [-0.4, -0.2) is 4.98 Å². The number of hydrogen-bond acceptors (Lipinski definition) is 1. The fourth-order valence-electron chi connectivity index (χ4n) is 1.39. The Hall–Kier alpha value is 0.110. The number of aryl methyl sites for hydroxylation is 1. The zero-order chi connectivity index (χ0) is 10.4. The quantitative estimate of drug-likeness (QED) is 0.564. The molecule has 0 aliphatic heterocycles. The molecule has 1 rings (SSSR count). The molecule has 0 spiro atoms. The van der Waals surface area contributed by atoms with Crippen molar-refractivity contribution in [2.24, 2.45) is 0 Å². The van der Waals surface area contributed by atoms with Gasteiger partial charge in [-0.25, -0.2) is 4.98 Å². The van der Waals surface area contributed by atoms with E-state index in [0.717, 1.165) is 15.5 Å². The smallest absolute Gasteiger partial charge is 0.106 e. The number of rotatable bonds is 5. The number of halogens is 2. The molecule has 1 aromatic heterocycles. The lowest BCUT2D eigenvalue weighted by atomic mass is 10.1. The highest BCUT2D eigenvalue weighted by molar-refractivity contribution is 9.11. The summed E-state index contributed by atoms with van der Waals surface area (Å²) in [5.41, 5.74) is 1.35. The van der Waals surface area contributed by atoms with E-state index in [-0.39, 0.29) is 0 Å². The van der Waals surface area contributed by atoms with Crippen LogP contribution in [0.3, 0.4) is 0 Å². The first-order chi connectivity index (χ1) is 6.74. The van der Waals surface area contributed by atoms with Crippen LogP contribution in [0, 0.1) is 0 Å².